The first-order valence-electron chi connectivity index (χ1n) is 10.2. The maximum absolute atomic E-state index is 12.9. The standard InChI is InChI=1S/C22H32N2O2/c1-17-8-10-19(11-9-17)5-3-7-21(25)24-14-4-6-20(24)22(26)23-15-12-18(2)13-16-23/h8-11,18,20H,3-7,12-16H2,1-2H3/t20-/m1/s1. The molecule has 0 N–H and O–H groups in total. The third kappa shape index (κ3) is 4.66. The number of likely N-dealkylation sites (tertiary alicyclic amines) is 2. The first kappa shape index (κ1) is 18.9. The van der Waals surface area contributed by atoms with Gasteiger partial charge in [-0.1, -0.05) is 36.8 Å². The highest BCUT2D eigenvalue weighted by Crippen LogP contribution is 2.24. The molecule has 0 aromatic heterocycles. The minimum Gasteiger partial charge on any atom is -0.341 e. The van der Waals surface area contributed by atoms with Gasteiger partial charge in [-0.15, -0.1) is 0 Å². The number of carbonyl (C=O) groups excluding carboxylic acids is 2. The summed E-state index contributed by atoms with van der Waals surface area (Å²) < 4.78 is 0. The highest BCUT2D eigenvalue weighted by molar-refractivity contribution is 5.88. The van der Waals surface area contributed by atoms with Crippen molar-refractivity contribution in [2.75, 3.05) is 19.6 Å². The summed E-state index contributed by atoms with van der Waals surface area (Å²) in [5.41, 5.74) is 2.54. The maximum atomic E-state index is 12.9. The first-order chi connectivity index (χ1) is 12.5. The monoisotopic (exact) mass is 356 g/mol. The van der Waals surface area contributed by atoms with Gasteiger partial charge in [0.25, 0.3) is 0 Å². The molecule has 2 heterocycles. The molecule has 1 aromatic rings. The number of piperidine rings is 1. The molecule has 26 heavy (non-hydrogen) atoms. The number of rotatable bonds is 5. The normalized spacial score (nSPS) is 21.2. The van der Waals surface area contributed by atoms with Gasteiger partial charge in [0.15, 0.2) is 0 Å². The van der Waals surface area contributed by atoms with Crippen LogP contribution in [0.1, 0.15) is 56.6 Å². The van der Waals surface area contributed by atoms with E-state index in [1.807, 2.05) is 9.80 Å². The molecule has 0 unspecified atom stereocenters. The summed E-state index contributed by atoms with van der Waals surface area (Å²) in [4.78, 5) is 29.4. The molecular weight excluding hydrogens is 324 g/mol. The second-order valence-corrected chi connectivity index (χ2v) is 8.09. The third-order valence-electron chi connectivity index (χ3n) is 5.93. The molecule has 0 radical (unpaired) electrons. The van der Waals surface area contributed by atoms with E-state index in [2.05, 4.69) is 38.1 Å². The van der Waals surface area contributed by atoms with Crippen LogP contribution in [-0.4, -0.2) is 47.3 Å². The Morgan fingerprint density at radius 3 is 2.42 bits per heavy atom. The van der Waals surface area contributed by atoms with Crippen molar-refractivity contribution in [2.45, 2.75) is 64.8 Å². The average Bonchev–Trinajstić information content (AvgIpc) is 3.13. The van der Waals surface area contributed by atoms with E-state index in [9.17, 15) is 9.59 Å². The smallest absolute Gasteiger partial charge is 0.245 e. The number of hydrogen-bond acceptors (Lipinski definition) is 2. The molecule has 2 amide bonds. The molecule has 3 rings (SSSR count). The summed E-state index contributed by atoms with van der Waals surface area (Å²) in [5, 5.41) is 0. The molecule has 0 saturated carbocycles. The summed E-state index contributed by atoms with van der Waals surface area (Å²) in [6, 6.07) is 8.30. The molecule has 142 valence electrons. The fourth-order valence-corrected chi connectivity index (χ4v) is 4.10. The Hall–Kier alpha value is -1.84. The summed E-state index contributed by atoms with van der Waals surface area (Å²) in [6.07, 6.45) is 6.25. The van der Waals surface area contributed by atoms with Gasteiger partial charge in [0.05, 0.1) is 0 Å². The van der Waals surface area contributed by atoms with E-state index in [0.717, 1.165) is 58.2 Å². The van der Waals surface area contributed by atoms with E-state index in [-0.39, 0.29) is 17.9 Å². The number of amides is 2. The van der Waals surface area contributed by atoms with Gasteiger partial charge in [-0.05, 0) is 56.9 Å². The molecule has 2 fully saturated rings. The molecule has 4 nitrogen and oxygen atoms in total. The molecule has 0 spiro atoms. The van der Waals surface area contributed by atoms with Gasteiger partial charge in [0.2, 0.25) is 11.8 Å². The van der Waals surface area contributed by atoms with Gasteiger partial charge in [0.1, 0.15) is 6.04 Å². The maximum Gasteiger partial charge on any atom is 0.245 e. The van der Waals surface area contributed by atoms with Crippen LogP contribution in [0, 0.1) is 12.8 Å². The van der Waals surface area contributed by atoms with E-state index in [1.165, 1.54) is 11.1 Å². The molecule has 2 aliphatic heterocycles. The molecule has 4 heteroatoms. The topological polar surface area (TPSA) is 40.6 Å². The van der Waals surface area contributed by atoms with Crippen molar-refractivity contribution in [3.05, 3.63) is 35.4 Å². The van der Waals surface area contributed by atoms with Crippen LogP contribution < -0.4 is 0 Å². The minimum atomic E-state index is -0.213. The summed E-state index contributed by atoms with van der Waals surface area (Å²) in [6.45, 7) is 6.78. The lowest BCUT2D eigenvalue weighted by Crippen LogP contribution is -2.49. The minimum absolute atomic E-state index is 0.151. The van der Waals surface area contributed by atoms with E-state index < -0.39 is 0 Å². The average molecular weight is 357 g/mol. The Morgan fingerprint density at radius 1 is 1.04 bits per heavy atom. The van der Waals surface area contributed by atoms with E-state index in [1.54, 1.807) is 0 Å². The second kappa shape index (κ2) is 8.70. The predicted molar refractivity (Wildman–Crippen MR) is 104 cm³/mol. The molecule has 2 aliphatic rings. The highest BCUT2D eigenvalue weighted by atomic mass is 16.2. The van der Waals surface area contributed by atoms with Crippen LogP contribution in [0.3, 0.4) is 0 Å². The molecular formula is C22H32N2O2. The van der Waals surface area contributed by atoms with Gasteiger partial charge in [-0.2, -0.15) is 0 Å². The SMILES string of the molecule is Cc1ccc(CCCC(=O)N2CCC[C@@H]2C(=O)N2CCC(C)CC2)cc1. The quantitative estimate of drug-likeness (QED) is 0.809. The zero-order valence-corrected chi connectivity index (χ0v) is 16.2. The van der Waals surface area contributed by atoms with Crippen LogP contribution in [0.5, 0.6) is 0 Å². The number of hydrogen-bond donors (Lipinski definition) is 0. The van der Waals surface area contributed by atoms with Crippen molar-refractivity contribution in [2.24, 2.45) is 5.92 Å². The van der Waals surface area contributed by atoms with Crippen LogP contribution in [0.2, 0.25) is 0 Å². The predicted octanol–water partition coefficient (Wildman–Crippen LogP) is 3.57. The second-order valence-electron chi connectivity index (χ2n) is 8.09. The molecule has 0 bridgehead atoms. The van der Waals surface area contributed by atoms with Gasteiger partial charge < -0.3 is 9.80 Å². The number of aryl methyl sites for hydroxylation is 2. The third-order valence-corrected chi connectivity index (χ3v) is 5.93. The summed E-state index contributed by atoms with van der Waals surface area (Å²) >= 11 is 0. The van der Waals surface area contributed by atoms with Crippen molar-refractivity contribution < 1.29 is 9.59 Å². The molecule has 1 aromatic carbocycles. The van der Waals surface area contributed by atoms with Crippen molar-refractivity contribution >= 4 is 11.8 Å². The van der Waals surface area contributed by atoms with Crippen molar-refractivity contribution in [3.63, 3.8) is 0 Å². The van der Waals surface area contributed by atoms with Crippen LogP contribution >= 0.6 is 0 Å². The summed E-state index contributed by atoms with van der Waals surface area (Å²) in [7, 11) is 0. The van der Waals surface area contributed by atoms with Crippen LogP contribution in [-0.2, 0) is 16.0 Å². The van der Waals surface area contributed by atoms with Crippen molar-refractivity contribution in [3.8, 4) is 0 Å². The van der Waals surface area contributed by atoms with Crippen molar-refractivity contribution in [1.82, 2.24) is 9.80 Å². The van der Waals surface area contributed by atoms with Crippen LogP contribution in [0.4, 0.5) is 0 Å². The Bertz CT molecular complexity index is 618. The number of carbonyl (C=O) groups is 2. The highest BCUT2D eigenvalue weighted by Gasteiger charge is 2.36. The zero-order chi connectivity index (χ0) is 18.5. The molecule has 2 saturated heterocycles. The fourth-order valence-electron chi connectivity index (χ4n) is 4.10. The van der Waals surface area contributed by atoms with Crippen LogP contribution in [0.25, 0.3) is 0 Å². The lowest BCUT2D eigenvalue weighted by atomic mass is 9.98. The largest absolute Gasteiger partial charge is 0.341 e. The lowest BCUT2D eigenvalue weighted by Gasteiger charge is -2.34. The lowest BCUT2D eigenvalue weighted by molar-refractivity contribution is -0.144. The van der Waals surface area contributed by atoms with E-state index >= 15 is 0 Å². The molecule has 1 atom stereocenters. The Morgan fingerprint density at radius 2 is 1.73 bits per heavy atom. The van der Waals surface area contributed by atoms with Gasteiger partial charge in [-0.3, -0.25) is 9.59 Å². The number of nitrogens with zero attached hydrogens (tertiary/aromatic N) is 2. The number of benzene rings is 1. The van der Waals surface area contributed by atoms with E-state index in [0.29, 0.717) is 12.3 Å². The van der Waals surface area contributed by atoms with Crippen LogP contribution in [0.15, 0.2) is 24.3 Å². The van der Waals surface area contributed by atoms with E-state index in [4.69, 9.17) is 0 Å². The van der Waals surface area contributed by atoms with Gasteiger partial charge in [-0.25, -0.2) is 0 Å². The Balaban J connectivity index is 1.49. The van der Waals surface area contributed by atoms with Gasteiger partial charge in [0, 0.05) is 26.1 Å². The van der Waals surface area contributed by atoms with Crippen molar-refractivity contribution in [1.29, 1.82) is 0 Å². The Labute approximate surface area is 157 Å². The first-order valence-corrected chi connectivity index (χ1v) is 10.2. The van der Waals surface area contributed by atoms with Gasteiger partial charge >= 0.3 is 0 Å². The zero-order valence-electron chi connectivity index (χ0n) is 16.2. The fraction of sp³-hybridized carbons (Fsp3) is 0.636. The molecule has 0 aliphatic carbocycles. The summed E-state index contributed by atoms with van der Waals surface area (Å²) in [5.74, 6) is 1.04. The Kier molecular flexibility index (Phi) is 6.33.